The molecule has 3 saturated carbocycles. The van der Waals surface area contributed by atoms with Crippen molar-refractivity contribution in [1.29, 1.82) is 0 Å². The van der Waals surface area contributed by atoms with Crippen molar-refractivity contribution in [3.05, 3.63) is 39.8 Å². The van der Waals surface area contributed by atoms with Crippen molar-refractivity contribution >= 4 is 22.6 Å². The van der Waals surface area contributed by atoms with Crippen molar-refractivity contribution in [1.82, 2.24) is 14.5 Å². The normalized spacial score (nSPS) is 36.1. The van der Waals surface area contributed by atoms with Gasteiger partial charge >= 0.3 is 0 Å². The number of halogens is 1. The average Bonchev–Trinajstić information content (AvgIpc) is 2.78. The summed E-state index contributed by atoms with van der Waals surface area (Å²) >= 11 is 6.28. The molecule has 2 aromatic rings. The van der Waals surface area contributed by atoms with E-state index < -0.39 is 0 Å². The molecular weight excluding hydrogens is 418 g/mol. The first-order valence-electron chi connectivity index (χ1n) is 12.9. The summed E-state index contributed by atoms with van der Waals surface area (Å²) in [4.78, 5) is 20.3. The largest absolute Gasteiger partial charge is 0.301 e. The maximum atomic E-state index is 13.1. The highest BCUT2D eigenvalue weighted by Gasteiger charge is 2.54. The van der Waals surface area contributed by atoms with Crippen LogP contribution >= 0.6 is 11.6 Å². The summed E-state index contributed by atoms with van der Waals surface area (Å²) in [6, 6.07) is 9.37. The van der Waals surface area contributed by atoms with Crippen LogP contribution in [0.5, 0.6) is 0 Å². The molecule has 0 radical (unpaired) electrons. The highest BCUT2D eigenvalue weighted by molar-refractivity contribution is 6.29. The summed E-state index contributed by atoms with van der Waals surface area (Å²) in [5.41, 5.74) is 2.21. The minimum atomic E-state index is -0.120. The van der Waals surface area contributed by atoms with Crippen LogP contribution in [0, 0.1) is 23.2 Å². The Hall–Kier alpha value is -1.39. The van der Waals surface area contributed by atoms with Crippen LogP contribution in [0.1, 0.15) is 77.7 Å². The van der Waals surface area contributed by atoms with Crippen LogP contribution < -0.4 is 5.56 Å². The van der Waals surface area contributed by atoms with Crippen molar-refractivity contribution in [2.45, 2.75) is 89.8 Å². The van der Waals surface area contributed by atoms with Crippen LogP contribution in [0.4, 0.5) is 0 Å². The lowest BCUT2D eigenvalue weighted by Crippen LogP contribution is -2.55. The molecule has 0 amide bonds. The number of hydrogen-bond donors (Lipinski definition) is 0. The number of nitrogens with zero attached hydrogens (tertiary/aromatic N) is 3. The van der Waals surface area contributed by atoms with Gasteiger partial charge in [0, 0.05) is 18.1 Å². The van der Waals surface area contributed by atoms with E-state index in [-0.39, 0.29) is 16.8 Å². The Labute approximate surface area is 196 Å². The summed E-state index contributed by atoms with van der Waals surface area (Å²) in [5.74, 6) is 2.85. The van der Waals surface area contributed by atoms with E-state index in [4.69, 9.17) is 11.6 Å². The molecule has 0 N–H and O–H groups in total. The Balaban J connectivity index is 1.22. The summed E-state index contributed by atoms with van der Waals surface area (Å²) in [5, 5.41) is 0.106. The maximum absolute atomic E-state index is 13.1. The van der Waals surface area contributed by atoms with Gasteiger partial charge in [-0.1, -0.05) is 44.0 Å². The Morgan fingerprint density at radius 1 is 1.03 bits per heavy atom. The third-order valence-electron chi connectivity index (χ3n) is 9.98. The molecular formula is C27H36ClN3O. The van der Waals surface area contributed by atoms with Gasteiger partial charge in [0.2, 0.25) is 0 Å². The van der Waals surface area contributed by atoms with E-state index in [1.807, 2.05) is 28.8 Å². The highest BCUT2D eigenvalue weighted by Crippen LogP contribution is 2.62. The predicted octanol–water partition coefficient (Wildman–Crippen LogP) is 6.07. The molecule has 172 valence electrons. The molecule has 6 atom stereocenters. The maximum Gasteiger partial charge on any atom is 0.288 e. The molecule has 32 heavy (non-hydrogen) atoms. The molecule has 5 fully saturated rings. The molecule has 0 unspecified atom stereocenters. The fraction of sp³-hybridized carbons (Fsp3) is 0.704. The second kappa shape index (κ2) is 7.84. The second-order valence-corrected chi connectivity index (χ2v) is 12.0. The van der Waals surface area contributed by atoms with Crippen LogP contribution in [0.2, 0.25) is 5.15 Å². The van der Waals surface area contributed by atoms with Crippen molar-refractivity contribution < 1.29 is 0 Å². The Bertz CT molecular complexity index is 1060. The molecule has 2 saturated heterocycles. The molecule has 7 rings (SSSR count). The van der Waals surface area contributed by atoms with E-state index in [1.54, 1.807) is 0 Å². The van der Waals surface area contributed by atoms with E-state index in [2.05, 4.69) is 23.7 Å². The van der Waals surface area contributed by atoms with Crippen molar-refractivity contribution in [3.8, 4) is 0 Å². The molecule has 5 heteroatoms. The van der Waals surface area contributed by atoms with Gasteiger partial charge < -0.3 is 4.57 Å². The van der Waals surface area contributed by atoms with E-state index >= 15 is 0 Å². The summed E-state index contributed by atoms with van der Waals surface area (Å²) in [6.45, 7) is 6.27. The Morgan fingerprint density at radius 3 is 2.50 bits per heavy atom. The first-order chi connectivity index (χ1) is 15.4. The van der Waals surface area contributed by atoms with Gasteiger partial charge in [-0.25, -0.2) is 4.98 Å². The Morgan fingerprint density at radius 2 is 1.78 bits per heavy atom. The average molecular weight is 454 g/mol. The molecule has 2 aliphatic heterocycles. The lowest BCUT2D eigenvalue weighted by Gasteiger charge is -2.60. The summed E-state index contributed by atoms with van der Waals surface area (Å²) in [6.07, 6.45) is 11.7. The quantitative estimate of drug-likeness (QED) is 0.563. The first kappa shape index (κ1) is 21.2. The Kier molecular flexibility index (Phi) is 5.18. The van der Waals surface area contributed by atoms with Gasteiger partial charge in [-0.15, -0.1) is 0 Å². The van der Waals surface area contributed by atoms with Crippen LogP contribution in [-0.4, -0.2) is 33.1 Å². The molecule has 0 spiro atoms. The first-order valence-corrected chi connectivity index (χ1v) is 13.2. The van der Waals surface area contributed by atoms with Gasteiger partial charge in [0.25, 0.3) is 5.56 Å². The van der Waals surface area contributed by atoms with Gasteiger partial charge in [0.15, 0.2) is 5.15 Å². The molecule has 4 bridgehead atoms. The van der Waals surface area contributed by atoms with Gasteiger partial charge in [0.1, 0.15) is 0 Å². The van der Waals surface area contributed by atoms with Gasteiger partial charge in [-0.3, -0.25) is 9.69 Å². The second-order valence-electron chi connectivity index (χ2n) is 11.7. The zero-order valence-corrected chi connectivity index (χ0v) is 20.2. The number of fused-ring (bicyclic) bond motifs is 5. The van der Waals surface area contributed by atoms with E-state index in [1.165, 1.54) is 51.5 Å². The molecule has 4 nitrogen and oxygen atoms in total. The standard InChI is InChI=1S/C27H36ClN3O/c1-27(2)18-11-10-17(22(27)14-18)12-13-30-19-6-5-7-20(30)16-21(15-19)31-24-9-4-3-8-23(24)29-25(28)26(31)32/h3-4,8-9,17-22H,5-7,10-16H2,1-2H3/t17-,18-,19-,20+,21+,22-/m0/s1. The number of aromatic nitrogens is 2. The summed E-state index contributed by atoms with van der Waals surface area (Å²) in [7, 11) is 0. The van der Waals surface area contributed by atoms with E-state index in [9.17, 15) is 4.79 Å². The minimum Gasteiger partial charge on any atom is -0.301 e. The number of rotatable bonds is 4. The molecule has 1 aromatic carbocycles. The zero-order chi connectivity index (χ0) is 22.0. The zero-order valence-electron chi connectivity index (χ0n) is 19.5. The number of hydrogen-bond acceptors (Lipinski definition) is 3. The summed E-state index contributed by atoms with van der Waals surface area (Å²) < 4.78 is 1.98. The fourth-order valence-electron chi connectivity index (χ4n) is 8.14. The van der Waals surface area contributed by atoms with Crippen LogP contribution in [0.15, 0.2) is 29.1 Å². The van der Waals surface area contributed by atoms with Crippen LogP contribution in [0.3, 0.4) is 0 Å². The van der Waals surface area contributed by atoms with Gasteiger partial charge in [-0.2, -0.15) is 0 Å². The highest BCUT2D eigenvalue weighted by atomic mass is 35.5. The lowest BCUT2D eigenvalue weighted by atomic mass is 9.45. The lowest BCUT2D eigenvalue weighted by molar-refractivity contribution is -0.111. The van der Waals surface area contributed by atoms with Crippen LogP contribution in [-0.2, 0) is 0 Å². The monoisotopic (exact) mass is 453 g/mol. The van der Waals surface area contributed by atoms with E-state index in [0.717, 1.165) is 41.6 Å². The smallest absolute Gasteiger partial charge is 0.288 e. The van der Waals surface area contributed by atoms with Gasteiger partial charge in [-0.05, 0) is 93.2 Å². The molecule has 5 aliphatic rings. The van der Waals surface area contributed by atoms with Crippen molar-refractivity contribution in [2.24, 2.45) is 23.2 Å². The van der Waals surface area contributed by atoms with E-state index in [0.29, 0.717) is 17.5 Å². The SMILES string of the molecule is CC1(C)[C@H]2CC[C@@H](CCN3[C@@H]4CCC[C@H]3C[C@@H](n3c(=O)c(Cl)nc5ccccc53)C4)[C@@H]1C2. The third-order valence-corrected chi connectivity index (χ3v) is 10.2. The molecule has 1 aromatic heterocycles. The van der Waals surface area contributed by atoms with Crippen molar-refractivity contribution in [3.63, 3.8) is 0 Å². The topological polar surface area (TPSA) is 38.1 Å². The van der Waals surface area contributed by atoms with Crippen LogP contribution in [0.25, 0.3) is 11.0 Å². The molecule has 3 heterocycles. The minimum absolute atomic E-state index is 0.106. The number of para-hydroxylation sites is 2. The predicted molar refractivity (Wildman–Crippen MR) is 130 cm³/mol. The van der Waals surface area contributed by atoms with Crippen molar-refractivity contribution in [2.75, 3.05) is 6.54 Å². The third kappa shape index (κ3) is 3.27. The molecule has 3 aliphatic carbocycles. The van der Waals surface area contributed by atoms with Gasteiger partial charge in [0.05, 0.1) is 11.0 Å². The number of benzene rings is 1. The number of piperidine rings is 2. The fourth-order valence-corrected chi connectivity index (χ4v) is 8.32.